The molecule has 7 heteroatoms. The number of rotatable bonds is 6. The van der Waals surface area contributed by atoms with Crippen LogP contribution in [0.4, 0.5) is 5.69 Å². The Morgan fingerprint density at radius 3 is 2.76 bits per heavy atom. The van der Waals surface area contributed by atoms with Gasteiger partial charge in [-0.05, 0) is 54.8 Å². The second-order valence-corrected chi connectivity index (χ2v) is 9.58. The first-order chi connectivity index (χ1) is 16.1. The first kappa shape index (κ1) is 21.7. The van der Waals surface area contributed by atoms with Crippen LogP contribution in [-0.4, -0.2) is 33.4 Å². The molecule has 1 aromatic heterocycles. The molecule has 0 unspecified atom stereocenters. The van der Waals surface area contributed by atoms with E-state index in [0.717, 1.165) is 29.3 Å². The summed E-state index contributed by atoms with van der Waals surface area (Å²) in [5.74, 6) is -0.138. The third-order valence-electron chi connectivity index (χ3n) is 5.91. The van der Waals surface area contributed by atoms with E-state index in [9.17, 15) is 9.59 Å². The summed E-state index contributed by atoms with van der Waals surface area (Å²) in [6, 6.07) is 21.2. The smallest absolute Gasteiger partial charge is 0.262 e. The number of amides is 1. The maximum Gasteiger partial charge on any atom is 0.262 e. The molecule has 1 saturated heterocycles. The second-order valence-electron chi connectivity index (χ2n) is 8.27. The van der Waals surface area contributed by atoms with Crippen LogP contribution in [0.25, 0.3) is 21.7 Å². The van der Waals surface area contributed by atoms with Gasteiger partial charge in [0.05, 0.1) is 28.8 Å². The molecule has 1 N–H and O–H groups in total. The van der Waals surface area contributed by atoms with Gasteiger partial charge in [-0.2, -0.15) is 0 Å². The number of benzene rings is 3. The van der Waals surface area contributed by atoms with Crippen LogP contribution in [0.3, 0.4) is 0 Å². The van der Waals surface area contributed by atoms with E-state index in [-0.39, 0.29) is 17.6 Å². The minimum absolute atomic E-state index is 0.00764. The highest BCUT2D eigenvalue weighted by Crippen LogP contribution is 2.26. The maximum absolute atomic E-state index is 13.3. The second kappa shape index (κ2) is 9.37. The summed E-state index contributed by atoms with van der Waals surface area (Å²) >= 11 is 1.30. The van der Waals surface area contributed by atoms with Gasteiger partial charge in [0.1, 0.15) is 0 Å². The van der Waals surface area contributed by atoms with Crippen molar-refractivity contribution in [1.29, 1.82) is 0 Å². The lowest BCUT2D eigenvalue weighted by atomic mass is 10.1. The predicted molar refractivity (Wildman–Crippen MR) is 133 cm³/mol. The van der Waals surface area contributed by atoms with Crippen LogP contribution >= 0.6 is 11.8 Å². The Labute approximate surface area is 196 Å². The van der Waals surface area contributed by atoms with Crippen LogP contribution < -0.4 is 10.9 Å². The Bertz CT molecular complexity index is 1380. The van der Waals surface area contributed by atoms with Crippen molar-refractivity contribution in [3.05, 3.63) is 77.1 Å². The first-order valence-corrected chi connectivity index (χ1v) is 12.0. The number of para-hydroxylation sites is 1. The van der Waals surface area contributed by atoms with Crippen LogP contribution in [0.15, 0.2) is 76.7 Å². The molecule has 0 radical (unpaired) electrons. The third kappa shape index (κ3) is 4.65. The van der Waals surface area contributed by atoms with Crippen molar-refractivity contribution >= 4 is 45.0 Å². The van der Waals surface area contributed by atoms with Crippen molar-refractivity contribution in [3.8, 4) is 0 Å². The summed E-state index contributed by atoms with van der Waals surface area (Å²) in [6.07, 6.45) is 1.90. The zero-order valence-corrected chi connectivity index (χ0v) is 19.2. The zero-order valence-electron chi connectivity index (χ0n) is 18.4. The quantitative estimate of drug-likeness (QED) is 0.330. The van der Waals surface area contributed by atoms with Gasteiger partial charge in [0.15, 0.2) is 5.16 Å². The minimum atomic E-state index is -0.444. The SMILES string of the molecule is C[C@@H](Sc1nc2ccccc2c(=O)n1C[C@H]1CCCO1)C(=O)Nc1ccc2ccccc2c1. The fraction of sp³-hybridized carbons (Fsp3) is 0.269. The van der Waals surface area contributed by atoms with Crippen LogP contribution in [0.1, 0.15) is 19.8 Å². The van der Waals surface area contributed by atoms with Crippen LogP contribution in [0.2, 0.25) is 0 Å². The van der Waals surface area contributed by atoms with E-state index in [1.54, 1.807) is 10.6 Å². The lowest BCUT2D eigenvalue weighted by Crippen LogP contribution is -2.30. The van der Waals surface area contributed by atoms with Crippen molar-refractivity contribution in [2.75, 3.05) is 11.9 Å². The Morgan fingerprint density at radius 1 is 1.15 bits per heavy atom. The van der Waals surface area contributed by atoms with Crippen LogP contribution in [0.5, 0.6) is 0 Å². The number of hydrogen-bond acceptors (Lipinski definition) is 5. The summed E-state index contributed by atoms with van der Waals surface area (Å²) < 4.78 is 7.44. The number of carbonyl (C=O) groups excluding carboxylic acids is 1. The molecule has 168 valence electrons. The Balaban J connectivity index is 1.40. The lowest BCUT2D eigenvalue weighted by Gasteiger charge is -2.18. The van der Waals surface area contributed by atoms with E-state index in [1.807, 2.05) is 67.6 Å². The standard InChI is InChI=1S/C26H25N3O3S/c1-17(24(30)27-20-13-12-18-7-2-3-8-19(18)15-20)33-26-28-23-11-5-4-10-22(23)25(31)29(26)16-21-9-6-14-32-21/h2-5,7-8,10-13,15,17,21H,6,9,14,16H2,1H3,(H,27,30)/t17-,21-/m1/s1. The molecule has 0 aliphatic carbocycles. The number of ether oxygens (including phenoxy) is 1. The topological polar surface area (TPSA) is 73.2 Å². The number of nitrogens with zero attached hydrogens (tertiary/aromatic N) is 2. The molecule has 0 saturated carbocycles. The van der Waals surface area contributed by atoms with Gasteiger partial charge in [-0.25, -0.2) is 4.98 Å². The molecule has 0 spiro atoms. The summed E-state index contributed by atoms with van der Waals surface area (Å²) in [6.45, 7) is 2.99. The van der Waals surface area contributed by atoms with Gasteiger partial charge in [-0.15, -0.1) is 0 Å². The van der Waals surface area contributed by atoms with E-state index in [2.05, 4.69) is 5.32 Å². The van der Waals surface area contributed by atoms with Crippen molar-refractivity contribution < 1.29 is 9.53 Å². The molecular weight excluding hydrogens is 434 g/mol. The summed E-state index contributed by atoms with van der Waals surface area (Å²) in [5.41, 5.74) is 1.28. The number of hydrogen-bond donors (Lipinski definition) is 1. The fourth-order valence-corrected chi connectivity index (χ4v) is 5.03. The average Bonchev–Trinajstić information content (AvgIpc) is 3.35. The van der Waals surface area contributed by atoms with Crippen LogP contribution in [0, 0.1) is 0 Å². The van der Waals surface area contributed by atoms with E-state index in [0.29, 0.717) is 29.2 Å². The highest BCUT2D eigenvalue weighted by molar-refractivity contribution is 8.00. The molecular formula is C26H25N3O3S. The average molecular weight is 460 g/mol. The van der Waals surface area contributed by atoms with E-state index in [4.69, 9.17) is 9.72 Å². The highest BCUT2D eigenvalue weighted by Gasteiger charge is 2.23. The number of aromatic nitrogens is 2. The molecule has 3 aromatic carbocycles. The molecule has 6 nitrogen and oxygen atoms in total. The predicted octanol–water partition coefficient (Wildman–Crippen LogP) is 4.85. The third-order valence-corrected chi connectivity index (χ3v) is 7.00. The number of thioether (sulfide) groups is 1. The monoisotopic (exact) mass is 459 g/mol. The van der Waals surface area contributed by atoms with Crippen molar-refractivity contribution in [2.45, 2.75) is 42.8 Å². The summed E-state index contributed by atoms with van der Waals surface area (Å²) in [7, 11) is 0. The zero-order chi connectivity index (χ0) is 22.8. The van der Waals surface area contributed by atoms with Gasteiger partial charge < -0.3 is 10.1 Å². The largest absolute Gasteiger partial charge is 0.376 e. The minimum Gasteiger partial charge on any atom is -0.376 e. The molecule has 2 atom stereocenters. The molecule has 2 heterocycles. The summed E-state index contributed by atoms with van der Waals surface area (Å²) in [4.78, 5) is 31.0. The Kier molecular flexibility index (Phi) is 6.15. The maximum atomic E-state index is 13.3. The van der Waals surface area contributed by atoms with Gasteiger partial charge >= 0.3 is 0 Å². The van der Waals surface area contributed by atoms with Gasteiger partial charge in [0, 0.05) is 12.3 Å². The van der Waals surface area contributed by atoms with Gasteiger partial charge in [-0.1, -0.05) is 54.2 Å². The molecule has 5 rings (SSSR count). The van der Waals surface area contributed by atoms with Crippen molar-refractivity contribution in [1.82, 2.24) is 9.55 Å². The van der Waals surface area contributed by atoms with Crippen molar-refractivity contribution in [2.24, 2.45) is 0 Å². The highest BCUT2D eigenvalue weighted by atomic mass is 32.2. The lowest BCUT2D eigenvalue weighted by molar-refractivity contribution is -0.115. The molecule has 0 bridgehead atoms. The molecule has 1 aliphatic rings. The van der Waals surface area contributed by atoms with Crippen LogP contribution in [-0.2, 0) is 16.1 Å². The summed E-state index contributed by atoms with van der Waals surface area (Å²) in [5, 5.41) is 5.86. The number of anilines is 1. The van der Waals surface area contributed by atoms with Gasteiger partial charge in [0.25, 0.3) is 5.56 Å². The fourth-order valence-electron chi connectivity index (χ4n) is 4.11. The molecule has 1 amide bonds. The number of fused-ring (bicyclic) bond motifs is 2. The number of carbonyl (C=O) groups is 1. The van der Waals surface area contributed by atoms with E-state index in [1.165, 1.54) is 11.8 Å². The molecule has 1 aliphatic heterocycles. The van der Waals surface area contributed by atoms with Crippen molar-refractivity contribution in [3.63, 3.8) is 0 Å². The Hall–Kier alpha value is -3.16. The molecule has 33 heavy (non-hydrogen) atoms. The van der Waals surface area contributed by atoms with Gasteiger partial charge in [0.2, 0.25) is 5.91 Å². The molecule has 1 fully saturated rings. The number of nitrogens with one attached hydrogen (secondary N) is 1. The van der Waals surface area contributed by atoms with E-state index < -0.39 is 5.25 Å². The van der Waals surface area contributed by atoms with E-state index >= 15 is 0 Å². The first-order valence-electron chi connectivity index (χ1n) is 11.2. The Morgan fingerprint density at radius 2 is 1.94 bits per heavy atom. The van der Waals surface area contributed by atoms with Gasteiger partial charge in [-0.3, -0.25) is 14.2 Å². The molecule has 4 aromatic rings. The normalized spacial score (nSPS) is 16.8.